The van der Waals surface area contributed by atoms with Crippen molar-refractivity contribution in [2.24, 2.45) is 14.1 Å². The number of rotatable bonds is 2. The van der Waals surface area contributed by atoms with Crippen LogP contribution in [0.25, 0.3) is 5.69 Å². The maximum Gasteiger partial charge on any atom is 0.338 e. The van der Waals surface area contributed by atoms with Crippen LogP contribution >= 0.6 is 23.8 Å². The van der Waals surface area contributed by atoms with E-state index in [4.69, 9.17) is 23.8 Å². The lowest BCUT2D eigenvalue weighted by molar-refractivity contribution is -0.0424. The predicted octanol–water partition coefficient (Wildman–Crippen LogP) is 0.241. The summed E-state index contributed by atoms with van der Waals surface area (Å²) in [4.78, 5) is 24.4. The van der Waals surface area contributed by atoms with Crippen molar-refractivity contribution in [2.45, 2.75) is 6.29 Å². The van der Waals surface area contributed by atoms with Crippen molar-refractivity contribution in [3.63, 3.8) is 0 Å². The third-order valence-electron chi connectivity index (χ3n) is 3.05. The standard InChI is InChI=1S/C12H12ClN3O4S/c1-14-10(19)16(11(20)15(2)12(14)21)6-3-4-8(13)7(5-6)9(17)18/h3-5,9,17-18H,1-2H3. The molecule has 0 amide bonds. The Hall–Kier alpha value is -1.74. The normalized spacial score (nSPS) is 11.1. The summed E-state index contributed by atoms with van der Waals surface area (Å²) in [7, 11) is 2.89. The molecular weight excluding hydrogens is 318 g/mol. The van der Waals surface area contributed by atoms with Gasteiger partial charge in [-0.15, -0.1) is 0 Å². The molecule has 2 aromatic rings. The van der Waals surface area contributed by atoms with Crippen LogP contribution in [-0.2, 0) is 14.1 Å². The summed E-state index contributed by atoms with van der Waals surface area (Å²) in [5.41, 5.74) is -1.11. The molecule has 2 rings (SSSR count). The van der Waals surface area contributed by atoms with Gasteiger partial charge in [0.1, 0.15) is 0 Å². The average Bonchev–Trinajstić information content (AvgIpc) is 2.44. The second-order valence-electron chi connectivity index (χ2n) is 4.38. The molecule has 0 aliphatic carbocycles. The number of aliphatic hydroxyl groups excluding tert-OH is 1. The molecule has 21 heavy (non-hydrogen) atoms. The lowest BCUT2D eigenvalue weighted by Gasteiger charge is -2.13. The van der Waals surface area contributed by atoms with Crippen molar-refractivity contribution in [3.05, 3.63) is 54.5 Å². The topological polar surface area (TPSA) is 89.4 Å². The minimum atomic E-state index is -1.82. The van der Waals surface area contributed by atoms with E-state index >= 15 is 0 Å². The molecule has 0 saturated carbocycles. The van der Waals surface area contributed by atoms with Crippen molar-refractivity contribution < 1.29 is 10.2 Å². The van der Waals surface area contributed by atoms with Gasteiger partial charge in [-0.3, -0.25) is 9.13 Å². The van der Waals surface area contributed by atoms with Crippen LogP contribution in [0.4, 0.5) is 0 Å². The monoisotopic (exact) mass is 329 g/mol. The van der Waals surface area contributed by atoms with Gasteiger partial charge < -0.3 is 10.2 Å². The lowest BCUT2D eigenvalue weighted by Crippen LogP contribution is -2.43. The van der Waals surface area contributed by atoms with Crippen LogP contribution in [0.5, 0.6) is 0 Å². The van der Waals surface area contributed by atoms with Crippen molar-refractivity contribution >= 4 is 23.8 Å². The number of halogens is 1. The quantitative estimate of drug-likeness (QED) is 0.608. The van der Waals surface area contributed by atoms with Crippen LogP contribution in [0.2, 0.25) is 5.02 Å². The Kier molecular flexibility index (Phi) is 4.15. The molecule has 0 saturated heterocycles. The third-order valence-corrected chi connectivity index (χ3v) is 3.94. The van der Waals surface area contributed by atoms with Crippen molar-refractivity contribution in [3.8, 4) is 5.69 Å². The number of benzene rings is 1. The third kappa shape index (κ3) is 2.58. The summed E-state index contributed by atoms with van der Waals surface area (Å²) < 4.78 is 3.23. The summed E-state index contributed by atoms with van der Waals surface area (Å²) in [6, 6.07) is 4.07. The van der Waals surface area contributed by atoms with E-state index in [0.29, 0.717) is 0 Å². The summed E-state index contributed by atoms with van der Waals surface area (Å²) in [6.07, 6.45) is -1.82. The summed E-state index contributed by atoms with van der Waals surface area (Å²) in [5.74, 6) is 0. The molecule has 0 atom stereocenters. The highest BCUT2D eigenvalue weighted by atomic mass is 35.5. The molecule has 0 aliphatic rings. The van der Waals surface area contributed by atoms with E-state index in [1.165, 1.54) is 32.3 Å². The second kappa shape index (κ2) is 5.57. The van der Waals surface area contributed by atoms with Gasteiger partial charge in [0.2, 0.25) is 0 Å². The highest BCUT2D eigenvalue weighted by Crippen LogP contribution is 2.23. The highest BCUT2D eigenvalue weighted by molar-refractivity contribution is 7.71. The minimum absolute atomic E-state index is 0.00628. The highest BCUT2D eigenvalue weighted by Gasteiger charge is 2.14. The number of nitrogens with zero attached hydrogens (tertiary/aromatic N) is 3. The fourth-order valence-electron chi connectivity index (χ4n) is 1.86. The van der Waals surface area contributed by atoms with Gasteiger partial charge in [-0.05, 0) is 30.4 Å². The Morgan fingerprint density at radius 2 is 1.67 bits per heavy atom. The van der Waals surface area contributed by atoms with Gasteiger partial charge in [0.25, 0.3) is 0 Å². The molecule has 9 heteroatoms. The minimum Gasteiger partial charge on any atom is -0.364 e. The van der Waals surface area contributed by atoms with Crippen LogP contribution < -0.4 is 11.4 Å². The maximum absolute atomic E-state index is 12.2. The zero-order valence-corrected chi connectivity index (χ0v) is 12.7. The van der Waals surface area contributed by atoms with Gasteiger partial charge in [0.05, 0.1) is 5.69 Å². The van der Waals surface area contributed by atoms with E-state index in [2.05, 4.69) is 0 Å². The molecule has 2 N–H and O–H groups in total. The van der Waals surface area contributed by atoms with Crippen LogP contribution in [0.15, 0.2) is 27.8 Å². The molecule has 0 bridgehead atoms. The fourth-order valence-corrected chi connectivity index (χ4v) is 2.23. The first-order chi connectivity index (χ1) is 9.75. The summed E-state index contributed by atoms with van der Waals surface area (Å²) >= 11 is 10.8. The Morgan fingerprint density at radius 3 is 2.14 bits per heavy atom. The summed E-state index contributed by atoms with van der Waals surface area (Å²) in [5, 5.41) is 18.6. The van der Waals surface area contributed by atoms with E-state index in [9.17, 15) is 19.8 Å². The van der Waals surface area contributed by atoms with E-state index in [0.717, 1.165) is 13.7 Å². The number of hydrogen-bond acceptors (Lipinski definition) is 5. The molecule has 7 nitrogen and oxygen atoms in total. The van der Waals surface area contributed by atoms with Crippen molar-refractivity contribution in [1.29, 1.82) is 0 Å². The van der Waals surface area contributed by atoms with Gasteiger partial charge >= 0.3 is 11.4 Å². The van der Waals surface area contributed by atoms with E-state index in [1.54, 1.807) is 0 Å². The van der Waals surface area contributed by atoms with Gasteiger partial charge in [0, 0.05) is 24.7 Å². The number of aromatic nitrogens is 3. The van der Waals surface area contributed by atoms with Gasteiger partial charge in [-0.25, -0.2) is 14.2 Å². The van der Waals surface area contributed by atoms with Crippen LogP contribution in [-0.4, -0.2) is 23.9 Å². The fraction of sp³-hybridized carbons (Fsp3) is 0.250. The first-order valence-corrected chi connectivity index (χ1v) is 6.59. The maximum atomic E-state index is 12.2. The smallest absolute Gasteiger partial charge is 0.338 e. The Bertz CT molecular complexity index is 841. The van der Waals surface area contributed by atoms with Gasteiger partial charge in [-0.1, -0.05) is 11.6 Å². The Morgan fingerprint density at radius 1 is 1.14 bits per heavy atom. The van der Waals surface area contributed by atoms with E-state index < -0.39 is 17.7 Å². The Labute approximate surface area is 128 Å². The zero-order chi connectivity index (χ0) is 15.9. The summed E-state index contributed by atoms with van der Waals surface area (Å²) in [6.45, 7) is 0. The number of aliphatic hydroxyl groups is 2. The van der Waals surface area contributed by atoms with Crippen molar-refractivity contribution in [1.82, 2.24) is 13.7 Å². The van der Waals surface area contributed by atoms with Gasteiger partial charge in [0.15, 0.2) is 11.1 Å². The van der Waals surface area contributed by atoms with E-state index in [-0.39, 0.29) is 21.0 Å². The first-order valence-electron chi connectivity index (χ1n) is 5.80. The molecule has 0 fully saturated rings. The van der Waals surface area contributed by atoms with Crippen LogP contribution in [0, 0.1) is 4.77 Å². The molecule has 1 aromatic carbocycles. The largest absolute Gasteiger partial charge is 0.364 e. The lowest BCUT2D eigenvalue weighted by atomic mass is 10.2. The molecule has 1 heterocycles. The molecule has 0 spiro atoms. The molecule has 1 aromatic heterocycles. The SMILES string of the molecule is Cn1c(=S)n(C)c(=O)n(-c2ccc(Cl)c(C(O)O)c2)c1=O. The van der Waals surface area contributed by atoms with Gasteiger partial charge in [-0.2, -0.15) is 0 Å². The number of hydrogen-bond donors (Lipinski definition) is 2. The second-order valence-corrected chi connectivity index (χ2v) is 5.15. The van der Waals surface area contributed by atoms with E-state index in [1.807, 2.05) is 0 Å². The van der Waals surface area contributed by atoms with Crippen LogP contribution in [0.1, 0.15) is 11.9 Å². The predicted molar refractivity (Wildman–Crippen MR) is 79.3 cm³/mol. The average molecular weight is 330 g/mol. The zero-order valence-electron chi connectivity index (χ0n) is 11.1. The molecule has 0 radical (unpaired) electrons. The van der Waals surface area contributed by atoms with Crippen LogP contribution in [0.3, 0.4) is 0 Å². The molecule has 112 valence electrons. The first kappa shape index (κ1) is 15.6. The molecular formula is C12H12ClN3O4S. The van der Waals surface area contributed by atoms with Crippen molar-refractivity contribution in [2.75, 3.05) is 0 Å². The Balaban J connectivity index is 2.87. The molecule has 0 unspecified atom stereocenters. The molecule has 0 aliphatic heterocycles.